The molecule has 0 aliphatic rings. The lowest BCUT2D eigenvalue weighted by Gasteiger charge is -2.15. The van der Waals surface area contributed by atoms with Crippen molar-refractivity contribution in [3.63, 3.8) is 0 Å². The second kappa shape index (κ2) is 6.96. The first-order valence-corrected chi connectivity index (χ1v) is 8.22. The van der Waals surface area contributed by atoms with Crippen molar-refractivity contribution >= 4 is 23.7 Å². The number of carbonyl (C=O) groups excluding carboxylic acids is 1. The summed E-state index contributed by atoms with van der Waals surface area (Å²) in [5.74, 6) is 1.39. The Labute approximate surface area is 134 Å². The Morgan fingerprint density at radius 3 is 2.50 bits per heavy atom. The summed E-state index contributed by atoms with van der Waals surface area (Å²) in [6, 6.07) is 8.42. The highest BCUT2D eigenvalue weighted by atomic mass is 32.2. The summed E-state index contributed by atoms with van der Waals surface area (Å²) in [6.45, 7) is 7.62. The largest absolute Gasteiger partial charge is 0.407 e. The molecule has 0 saturated carbocycles. The summed E-state index contributed by atoms with van der Waals surface area (Å²) >= 11 is 1.80. The SMILES string of the molecule is CCSc1ccc(Cc2nnc(NC(=O)C(C)(C)C)o2)cc1. The maximum absolute atomic E-state index is 11.9. The zero-order valence-electron chi connectivity index (χ0n) is 13.3. The van der Waals surface area contributed by atoms with Gasteiger partial charge < -0.3 is 4.42 Å². The van der Waals surface area contributed by atoms with Crippen LogP contribution in [-0.2, 0) is 11.2 Å². The number of thioether (sulfide) groups is 1. The average Bonchev–Trinajstić information content (AvgIpc) is 2.87. The molecule has 6 heteroatoms. The predicted octanol–water partition coefficient (Wildman–Crippen LogP) is 3.76. The second-order valence-corrected chi connectivity index (χ2v) is 7.30. The summed E-state index contributed by atoms with van der Waals surface area (Å²) in [4.78, 5) is 13.1. The molecule has 1 amide bonds. The Morgan fingerprint density at radius 2 is 1.91 bits per heavy atom. The second-order valence-electron chi connectivity index (χ2n) is 5.96. The molecule has 0 aliphatic heterocycles. The highest BCUT2D eigenvalue weighted by Crippen LogP contribution is 2.20. The van der Waals surface area contributed by atoms with Gasteiger partial charge in [0, 0.05) is 10.3 Å². The lowest BCUT2D eigenvalue weighted by Crippen LogP contribution is -2.27. The molecule has 1 aromatic heterocycles. The van der Waals surface area contributed by atoms with E-state index in [0.29, 0.717) is 12.3 Å². The van der Waals surface area contributed by atoms with Crippen LogP contribution in [0.5, 0.6) is 0 Å². The van der Waals surface area contributed by atoms with E-state index in [-0.39, 0.29) is 11.9 Å². The van der Waals surface area contributed by atoms with Gasteiger partial charge in [0.05, 0.1) is 6.42 Å². The van der Waals surface area contributed by atoms with E-state index in [4.69, 9.17) is 4.42 Å². The van der Waals surface area contributed by atoms with Crippen LogP contribution >= 0.6 is 11.8 Å². The minimum atomic E-state index is -0.499. The third-order valence-corrected chi connectivity index (χ3v) is 3.85. The van der Waals surface area contributed by atoms with E-state index in [1.807, 2.05) is 20.8 Å². The van der Waals surface area contributed by atoms with Gasteiger partial charge in [0.15, 0.2) is 0 Å². The van der Waals surface area contributed by atoms with Gasteiger partial charge in [-0.3, -0.25) is 10.1 Å². The van der Waals surface area contributed by atoms with E-state index in [2.05, 4.69) is 46.7 Å². The van der Waals surface area contributed by atoms with E-state index in [9.17, 15) is 4.79 Å². The number of anilines is 1. The normalized spacial score (nSPS) is 11.5. The summed E-state index contributed by atoms with van der Waals surface area (Å²) < 4.78 is 5.47. The third kappa shape index (κ3) is 4.59. The summed E-state index contributed by atoms with van der Waals surface area (Å²) in [7, 11) is 0. The molecular weight excluding hydrogens is 298 g/mol. The molecule has 5 nitrogen and oxygen atoms in total. The van der Waals surface area contributed by atoms with Crippen LogP contribution < -0.4 is 5.32 Å². The Kier molecular flexibility index (Phi) is 5.24. The van der Waals surface area contributed by atoms with Crippen LogP contribution in [0.15, 0.2) is 33.6 Å². The van der Waals surface area contributed by atoms with Crippen LogP contribution in [0.4, 0.5) is 6.01 Å². The highest BCUT2D eigenvalue weighted by molar-refractivity contribution is 7.99. The van der Waals surface area contributed by atoms with Crippen LogP contribution in [0.3, 0.4) is 0 Å². The lowest BCUT2D eigenvalue weighted by atomic mass is 9.96. The van der Waals surface area contributed by atoms with E-state index in [1.165, 1.54) is 4.90 Å². The zero-order valence-corrected chi connectivity index (χ0v) is 14.2. The minimum Gasteiger partial charge on any atom is -0.407 e. The van der Waals surface area contributed by atoms with Crippen LogP contribution in [0, 0.1) is 5.41 Å². The van der Waals surface area contributed by atoms with Crippen molar-refractivity contribution in [2.45, 2.75) is 39.0 Å². The molecule has 22 heavy (non-hydrogen) atoms. The van der Waals surface area contributed by atoms with Crippen molar-refractivity contribution < 1.29 is 9.21 Å². The number of amides is 1. The smallest absolute Gasteiger partial charge is 0.322 e. The first kappa shape index (κ1) is 16.5. The number of nitrogens with one attached hydrogen (secondary N) is 1. The number of aromatic nitrogens is 2. The number of benzene rings is 1. The molecule has 0 aliphatic carbocycles. The Bertz CT molecular complexity index is 630. The van der Waals surface area contributed by atoms with Crippen LogP contribution in [0.1, 0.15) is 39.1 Å². The van der Waals surface area contributed by atoms with Crippen molar-refractivity contribution in [1.82, 2.24) is 10.2 Å². The number of hydrogen-bond acceptors (Lipinski definition) is 5. The van der Waals surface area contributed by atoms with Gasteiger partial charge in [0.2, 0.25) is 11.8 Å². The van der Waals surface area contributed by atoms with Crippen molar-refractivity contribution in [2.24, 2.45) is 5.41 Å². The van der Waals surface area contributed by atoms with Gasteiger partial charge in [-0.25, -0.2) is 0 Å². The fraction of sp³-hybridized carbons (Fsp3) is 0.438. The summed E-state index contributed by atoms with van der Waals surface area (Å²) in [6.07, 6.45) is 0.551. The van der Waals surface area contributed by atoms with Crippen LogP contribution in [-0.4, -0.2) is 21.9 Å². The molecule has 0 saturated heterocycles. The van der Waals surface area contributed by atoms with E-state index < -0.39 is 5.41 Å². The fourth-order valence-corrected chi connectivity index (χ4v) is 2.37. The topological polar surface area (TPSA) is 68.0 Å². The van der Waals surface area contributed by atoms with E-state index in [1.54, 1.807) is 11.8 Å². The zero-order chi connectivity index (χ0) is 16.2. The molecule has 0 atom stereocenters. The van der Waals surface area contributed by atoms with Crippen molar-refractivity contribution in [3.05, 3.63) is 35.7 Å². The Morgan fingerprint density at radius 1 is 1.23 bits per heavy atom. The van der Waals surface area contributed by atoms with E-state index >= 15 is 0 Å². The van der Waals surface area contributed by atoms with Gasteiger partial charge in [0.1, 0.15) is 0 Å². The predicted molar refractivity (Wildman–Crippen MR) is 88.0 cm³/mol. The highest BCUT2D eigenvalue weighted by Gasteiger charge is 2.23. The molecular formula is C16H21N3O2S. The van der Waals surface area contributed by atoms with Crippen molar-refractivity contribution in [1.29, 1.82) is 0 Å². The van der Waals surface area contributed by atoms with E-state index in [0.717, 1.165) is 11.3 Å². The molecule has 1 aromatic carbocycles. The number of rotatable bonds is 5. The van der Waals surface area contributed by atoms with Gasteiger partial charge in [-0.1, -0.05) is 44.9 Å². The summed E-state index contributed by atoms with van der Waals surface area (Å²) in [5, 5.41) is 10.5. The number of nitrogens with zero attached hydrogens (tertiary/aromatic N) is 2. The lowest BCUT2D eigenvalue weighted by molar-refractivity contribution is -0.123. The monoisotopic (exact) mass is 319 g/mol. The first-order chi connectivity index (χ1) is 10.4. The van der Waals surface area contributed by atoms with Gasteiger partial charge >= 0.3 is 6.01 Å². The van der Waals surface area contributed by atoms with Gasteiger partial charge in [-0.2, -0.15) is 0 Å². The maximum Gasteiger partial charge on any atom is 0.322 e. The molecule has 2 rings (SSSR count). The van der Waals surface area contributed by atoms with Gasteiger partial charge in [0.25, 0.3) is 0 Å². The molecule has 0 unspecified atom stereocenters. The first-order valence-electron chi connectivity index (χ1n) is 7.24. The Balaban J connectivity index is 1.98. The number of hydrogen-bond donors (Lipinski definition) is 1. The molecule has 0 radical (unpaired) electrons. The van der Waals surface area contributed by atoms with Gasteiger partial charge in [-0.05, 0) is 23.4 Å². The molecule has 0 fully saturated rings. The number of carbonyl (C=O) groups is 1. The van der Waals surface area contributed by atoms with Crippen molar-refractivity contribution in [3.8, 4) is 0 Å². The molecule has 2 aromatic rings. The van der Waals surface area contributed by atoms with Gasteiger partial charge in [-0.15, -0.1) is 16.9 Å². The fourth-order valence-electron chi connectivity index (χ4n) is 1.70. The Hall–Kier alpha value is -1.82. The summed E-state index contributed by atoms with van der Waals surface area (Å²) in [5.41, 5.74) is 0.597. The minimum absolute atomic E-state index is 0.146. The molecule has 1 heterocycles. The van der Waals surface area contributed by atoms with Crippen LogP contribution in [0.25, 0.3) is 0 Å². The van der Waals surface area contributed by atoms with Crippen LogP contribution in [0.2, 0.25) is 0 Å². The molecule has 1 N–H and O–H groups in total. The average molecular weight is 319 g/mol. The third-order valence-electron chi connectivity index (χ3n) is 2.96. The standard InChI is InChI=1S/C16H21N3O2S/c1-5-22-12-8-6-11(7-9-12)10-13-18-19-15(21-13)17-14(20)16(2,3)4/h6-9H,5,10H2,1-4H3,(H,17,19,20). The van der Waals surface area contributed by atoms with Crippen molar-refractivity contribution in [2.75, 3.05) is 11.1 Å². The maximum atomic E-state index is 11.9. The molecule has 0 spiro atoms. The molecule has 0 bridgehead atoms. The quantitative estimate of drug-likeness (QED) is 0.850. The molecule has 118 valence electrons.